The van der Waals surface area contributed by atoms with Gasteiger partial charge in [0.1, 0.15) is 10.3 Å². The quantitative estimate of drug-likeness (QED) is 0.794. The van der Waals surface area contributed by atoms with Crippen molar-refractivity contribution < 1.29 is 17.9 Å². The highest BCUT2D eigenvalue weighted by Crippen LogP contribution is 2.28. The number of methoxy groups -OCH3 is 1. The van der Waals surface area contributed by atoms with Gasteiger partial charge in [-0.05, 0) is 18.6 Å². The topological polar surface area (TPSA) is 66.9 Å². The summed E-state index contributed by atoms with van der Waals surface area (Å²) in [7, 11) is -2.02. The Morgan fingerprint density at radius 1 is 1.36 bits per heavy atom. The number of nitrogens with zero attached hydrogens (tertiary/aromatic N) is 2. The Morgan fingerprint density at radius 2 is 2.00 bits per heavy atom. The molecule has 1 aliphatic rings. The molecule has 1 aliphatic heterocycles. The predicted octanol–water partition coefficient (Wildman–Crippen LogP) is 1.66. The van der Waals surface area contributed by atoms with Crippen molar-refractivity contribution in [1.29, 1.82) is 0 Å². The van der Waals surface area contributed by atoms with E-state index in [1.807, 2.05) is 6.92 Å². The van der Waals surface area contributed by atoms with E-state index < -0.39 is 16.1 Å². The lowest BCUT2D eigenvalue weighted by molar-refractivity contribution is -0.143. The lowest BCUT2D eigenvalue weighted by Crippen LogP contribution is -2.52. The lowest BCUT2D eigenvalue weighted by Gasteiger charge is -2.35. The summed E-state index contributed by atoms with van der Waals surface area (Å²) in [4.78, 5) is 13.9. The molecule has 1 unspecified atom stereocenters. The van der Waals surface area contributed by atoms with Crippen molar-refractivity contribution in [3.05, 3.63) is 16.5 Å². The van der Waals surface area contributed by atoms with Crippen LogP contribution in [0.25, 0.3) is 0 Å². The highest BCUT2D eigenvalue weighted by molar-refractivity contribution is 7.91. The summed E-state index contributed by atoms with van der Waals surface area (Å²) in [6.07, 6.45) is 0.140. The van der Waals surface area contributed by atoms with Gasteiger partial charge in [-0.3, -0.25) is 4.79 Å². The van der Waals surface area contributed by atoms with Crippen LogP contribution in [0.15, 0.2) is 16.3 Å². The van der Waals surface area contributed by atoms with Gasteiger partial charge >= 0.3 is 0 Å². The van der Waals surface area contributed by atoms with E-state index in [0.717, 1.165) is 11.3 Å². The molecule has 1 aromatic heterocycles. The van der Waals surface area contributed by atoms with Gasteiger partial charge in [-0.1, -0.05) is 18.5 Å². The molecule has 0 radical (unpaired) electrons. The molecule has 124 valence electrons. The van der Waals surface area contributed by atoms with Crippen molar-refractivity contribution in [3.8, 4) is 0 Å². The van der Waals surface area contributed by atoms with Crippen molar-refractivity contribution in [2.24, 2.45) is 0 Å². The number of ether oxygens (including phenoxy) is 1. The smallest absolute Gasteiger partial charge is 0.252 e. The van der Waals surface area contributed by atoms with Crippen LogP contribution in [0, 0.1) is 0 Å². The molecule has 2 rings (SSSR count). The van der Waals surface area contributed by atoms with E-state index in [2.05, 4.69) is 0 Å². The first kappa shape index (κ1) is 17.7. The highest BCUT2D eigenvalue weighted by Gasteiger charge is 2.32. The average Bonchev–Trinajstić information content (AvgIpc) is 2.96. The van der Waals surface area contributed by atoms with Crippen LogP contribution in [-0.2, 0) is 19.6 Å². The van der Waals surface area contributed by atoms with Crippen molar-refractivity contribution in [2.75, 3.05) is 33.3 Å². The maximum Gasteiger partial charge on any atom is 0.252 e. The summed E-state index contributed by atoms with van der Waals surface area (Å²) in [6, 6.07) is 3.08. The minimum Gasteiger partial charge on any atom is -0.372 e. The van der Waals surface area contributed by atoms with Gasteiger partial charge in [0.2, 0.25) is 0 Å². The number of hydrogen-bond acceptors (Lipinski definition) is 5. The Kier molecular flexibility index (Phi) is 5.84. The van der Waals surface area contributed by atoms with E-state index in [4.69, 9.17) is 16.3 Å². The number of hydrogen-bond donors (Lipinski definition) is 0. The summed E-state index contributed by atoms with van der Waals surface area (Å²) in [5, 5.41) is 0. The molecule has 0 saturated carbocycles. The Hall–Kier alpha value is -0.670. The first-order chi connectivity index (χ1) is 10.4. The van der Waals surface area contributed by atoms with Crippen molar-refractivity contribution in [2.45, 2.75) is 23.7 Å². The molecule has 0 spiro atoms. The molecule has 1 atom stereocenters. The molecule has 0 bridgehead atoms. The summed E-state index contributed by atoms with van der Waals surface area (Å²) >= 11 is 6.85. The number of rotatable bonds is 5. The van der Waals surface area contributed by atoms with Crippen molar-refractivity contribution >= 4 is 38.9 Å². The third-order valence-electron chi connectivity index (χ3n) is 3.62. The fraction of sp³-hybridized carbons (Fsp3) is 0.615. The molecule has 22 heavy (non-hydrogen) atoms. The largest absolute Gasteiger partial charge is 0.372 e. The van der Waals surface area contributed by atoms with Crippen molar-refractivity contribution in [3.63, 3.8) is 0 Å². The molecular weight excluding hydrogens is 348 g/mol. The number of carbonyl (C=O) groups is 1. The monoisotopic (exact) mass is 366 g/mol. The van der Waals surface area contributed by atoms with Crippen LogP contribution < -0.4 is 0 Å². The van der Waals surface area contributed by atoms with E-state index in [9.17, 15) is 13.2 Å². The van der Waals surface area contributed by atoms with Gasteiger partial charge < -0.3 is 9.64 Å². The molecule has 1 aromatic rings. The zero-order valence-electron chi connectivity index (χ0n) is 12.5. The van der Waals surface area contributed by atoms with E-state index in [0.29, 0.717) is 23.8 Å². The summed E-state index contributed by atoms with van der Waals surface area (Å²) in [5.74, 6) is -0.0822. The fourth-order valence-electron chi connectivity index (χ4n) is 2.36. The molecule has 1 fully saturated rings. The molecule has 0 aliphatic carbocycles. The maximum atomic E-state index is 12.5. The minimum atomic E-state index is -3.52. The van der Waals surface area contributed by atoms with Crippen LogP contribution in [0.3, 0.4) is 0 Å². The third-order valence-corrected chi connectivity index (χ3v) is 7.22. The number of piperazine rings is 1. The molecule has 2 heterocycles. The number of halogens is 1. The Bertz CT molecular complexity index is 620. The second-order valence-electron chi connectivity index (χ2n) is 4.92. The number of thiophene rings is 1. The van der Waals surface area contributed by atoms with Gasteiger partial charge in [0, 0.05) is 33.3 Å². The van der Waals surface area contributed by atoms with Gasteiger partial charge in [0.05, 0.1) is 4.34 Å². The lowest BCUT2D eigenvalue weighted by atomic mass is 10.2. The molecule has 6 nitrogen and oxygen atoms in total. The Balaban J connectivity index is 2.01. The second kappa shape index (κ2) is 7.27. The molecule has 0 aromatic carbocycles. The molecule has 0 N–H and O–H groups in total. The number of amides is 1. The first-order valence-electron chi connectivity index (χ1n) is 6.97. The summed E-state index contributed by atoms with van der Waals surface area (Å²) < 4.78 is 32.2. The van der Waals surface area contributed by atoms with Gasteiger partial charge in [-0.25, -0.2) is 8.42 Å². The maximum absolute atomic E-state index is 12.5. The summed E-state index contributed by atoms with van der Waals surface area (Å²) in [5.41, 5.74) is 0. The molecule has 1 saturated heterocycles. The van der Waals surface area contributed by atoms with Gasteiger partial charge in [0.15, 0.2) is 0 Å². The Labute approximate surface area is 139 Å². The van der Waals surface area contributed by atoms with E-state index in [1.165, 1.54) is 17.5 Å². The fourth-order valence-corrected chi connectivity index (χ4v) is 5.42. The predicted molar refractivity (Wildman–Crippen MR) is 85.8 cm³/mol. The molecule has 1 amide bonds. The van der Waals surface area contributed by atoms with Crippen LogP contribution in [-0.4, -0.2) is 62.9 Å². The van der Waals surface area contributed by atoms with Crippen LogP contribution in [0.4, 0.5) is 0 Å². The van der Waals surface area contributed by atoms with Crippen LogP contribution >= 0.6 is 22.9 Å². The van der Waals surface area contributed by atoms with Crippen molar-refractivity contribution in [1.82, 2.24) is 9.21 Å². The Morgan fingerprint density at radius 3 is 2.45 bits per heavy atom. The first-order valence-corrected chi connectivity index (χ1v) is 9.60. The van der Waals surface area contributed by atoms with Gasteiger partial charge in [-0.15, -0.1) is 11.3 Å². The highest BCUT2D eigenvalue weighted by atomic mass is 35.5. The average molecular weight is 367 g/mol. The zero-order chi connectivity index (χ0) is 16.3. The minimum absolute atomic E-state index is 0.0822. The van der Waals surface area contributed by atoms with Gasteiger partial charge in [0.25, 0.3) is 15.9 Å². The second-order valence-corrected chi connectivity index (χ2v) is 8.80. The van der Waals surface area contributed by atoms with E-state index in [1.54, 1.807) is 11.0 Å². The van der Waals surface area contributed by atoms with Crippen LogP contribution in [0.2, 0.25) is 4.34 Å². The zero-order valence-corrected chi connectivity index (χ0v) is 14.9. The summed E-state index contributed by atoms with van der Waals surface area (Å²) in [6.45, 7) is 3.19. The molecular formula is C13H19ClN2O4S2. The number of sulfonamides is 1. The number of carbonyl (C=O) groups excluding carboxylic acids is 1. The normalized spacial score (nSPS) is 18.4. The van der Waals surface area contributed by atoms with E-state index >= 15 is 0 Å². The standard InChI is InChI=1S/C13H19ClN2O4S2/c1-3-10(20-2)13(17)15-6-8-16(9-7-15)22(18,19)12-5-4-11(14)21-12/h4-5,10H,3,6-9H2,1-2H3. The van der Waals surface area contributed by atoms with E-state index in [-0.39, 0.29) is 23.2 Å². The van der Waals surface area contributed by atoms with Crippen LogP contribution in [0.5, 0.6) is 0 Å². The molecule has 9 heteroatoms. The van der Waals surface area contributed by atoms with Gasteiger partial charge in [-0.2, -0.15) is 4.31 Å². The third kappa shape index (κ3) is 3.62. The van der Waals surface area contributed by atoms with Crippen LogP contribution in [0.1, 0.15) is 13.3 Å². The SMILES string of the molecule is CCC(OC)C(=O)N1CCN(S(=O)(=O)c2ccc(Cl)s2)CC1.